The van der Waals surface area contributed by atoms with Crippen LogP contribution in [-0.2, 0) is 14.3 Å². The third kappa shape index (κ3) is 4.49. The van der Waals surface area contributed by atoms with E-state index in [1.54, 1.807) is 19.4 Å². The van der Waals surface area contributed by atoms with E-state index in [2.05, 4.69) is 17.2 Å². The van der Waals surface area contributed by atoms with Crippen molar-refractivity contribution in [2.45, 2.75) is 32.6 Å². The molecule has 1 N–H and O–H groups in total. The average Bonchev–Trinajstić information content (AvgIpc) is 2.88. The maximum atomic E-state index is 12.0. The van der Waals surface area contributed by atoms with Gasteiger partial charge in [0.05, 0.1) is 12.7 Å². The molecule has 0 aromatic carbocycles. The van der Waals surface area contributed by atoms with Crippen LogP contribution in [0.2, 0.25) is 0 Å². The Morgan fingerprint density at radius 2 is 2.39 bits per heavy atom. The van der Waals surface area contributed by atoms with Gasteiger partial charge in [-0.15, -0.1) is 0 Å². The van der Waals surface area contributed by atoms with Crippen molar-refractivity contribution in [1.29, 1.82) is 0 Å². The maximum Gasteiger partial charge on any atom is 0.349 e. The summed E-state index contributed by atoms with van der Waals surface area (Å²) in [5, 5.41) is 2.67. The van der Waals surface area contributed by atoms with Gasteiger partial charge in [0, 0.05) is 37.7 Å². The monoisotopic (exact) mass is 321 g/mol. The van der Waals surface area contributed by atoms with Crippen LogP contribution in [-0.4, -0.2) is 41.8 Å². The highest BCUT2D eigenvalue weighted by atomic mass is 16.5. The predicted octanol–water partition coefficient (Wildman–Crippen LogP) is 0.963. The van der Waals surface area contributed by atoms with E-state index in [0.29, 0.717) is 24.6 Å². The van der Waals surface area contributed by atoms with E-state index < -0.39 is 0 Å². The summed E-state index contributed by atoms with van der Waals surface area (Å²) < 4.78 is 12.5. The van der Waals surface area contributed by atoms with Crippen LogP contribution < -0.4 is 11.0 Å². The van der Waals surface area contributed by atoms with E-state index in [0.717, 1.165) is 6.42 Å². The molecule has 1 amide bonds. The molecule has 1 aromatic heterocycles. The third-order valence-electron chi connectivity index (χ3n) is 3.79. The van der Waals surface area contributed by atoms with Crippen LogP contribution in [0, 0.1) is 5.92 Å². The minimum atomic E-state index is -0.365. The Hall–Kier alpha value is -1.99. The number of nitrogens with one attached hydrogen (secondary N) is 1. The lowest BCUT2D eigenvalue weighted by molar-refractivity contribution is -0.116. The van der Waals surface area contributed by atoms with E-state index in [4.69, 9.17) is 9.47 Å². The van der Waals surface area contributed by atoms with Gasteiger partial charge < -0.3 is 14.8 Å². The van der Waals surface area contributed by atoms with Crippen LogP contribution in [0.3, 0.4) is 0 Å². The van der Waals surface area contributed by atoms with Gasteiger partial charge in [0.1, 0.15) is 6.23 Å². The Morgan fingerprint density at radius 1 is 1.61 bits per heavy atom. The van der Waals surface area contributed by atoms with E-state index in [1.165, 1.54) is 16.8 Å². The number of likely N-dealkylation sites (N-methyl/N-ethyl adjacent to an activating group) is 1. The van der Waals surface area contributed by atoms with Gasteiger partial charge in [0.15, 0.2) is 0 Å². The Bertz CT molecular complexity index is 626. The zero-order valence-electron chi connectivity index (χ0n) is 13.7. The molecule has 3 atom stereocenters. The maximum absolute atomic E-state index is 12.0. The van der Waals surface area contributed by atoms with Crippen LogP contribution in [0.4, 0.5) is 0 Å². The van der Waals surface area contributed by atoms with E-state index in [-0.39, 0.29) is 23.9 Å². The second-order valence-electron chi connectivity index (χ2n) is 5.60. The summed E-state index contributed by atoms with van der Waals surface area (Å²) in [5.74, 6) is 0.109. The molecular weight excluding hydrogens is 298 g/mol. The van der Waals surface area contributed by atoms with Crippen LogP contribution >= 0.6 is 0 Å². The van der Waals surface area contributed by atoms with Crippen molar-refractivity contribution < 1.29 is 14.3 Å². The Balaban J connectivity index is 2.15. The van der Waals surface area contributed by atoms with Gasteiger partial charge in [-0.3, -0.25) is 9.36 Å². The quantitative estimate of drug-likeness (QED) is 0.789. The number of nitrogens with zero attached hydrogens (tertiary/aromatic N) is 2. The summed E-state index contributed by atoms with van der Waals surface area (Å²) in [4.78, 5) is 27.3. The molecule has 0 radical (unpaired) electrons. The minimum absolute atomic E-state index is 0.0357. The Morgan fingerprint density at radius 3 is 3.09 bits per heavy atom. The fourth-order valence-corrected chi connectivity index (χ4v) is 2.55. The van der Waals surface area contributed by atoms with Gasteiger partial charge >= 0.3 is 5.69 Å². The van der Waals surface area contributed by atoms with Crippen molar-refractivity contribution in [3.05, 3.63) is 34.5 Å². The summed E-state index contributed by atoms with van der Waals surface area (Å²) in [6.07, 6.45) is 6.48. The van der Waals surface area contributed by atoms with Gasteiger partial charge in [-0.2, -0.15) is 0 Å². The minimum Gasteiger partial charge on any atom is -0.382 e. The number of carbonyl (C=O) groups is 1. The number of amides is 1. The van der Waals surface area contributed by atoms with Gasteiger partial charge in [0.25, 0.3) is 0 Å². The number of hydrogen-bond donors (Lipinski definition) is 1. The first-order chi connectivity index (χ1) is 11.0. The molecule has 1 aromatic rings. The summed E-state index contributed by atoms with van der Waals surface area (Å²) in [5.41, 5.74) is 0.303. The second-order valence-corrected chi connectivity index (χ2v) is 5.60. The standard InChI is InChI=1S/C16H23N3O4/c1-4-17-14(20)6-5-12-8-18-16(21)19(9-12)15-7-11(2)13(23-15)10-22-3/h5-6,8-9,11,13,15H,4,7,10H2,1-3H3,(H,17,20)/b6-5+/t11?,13-,15-/m1/s1. The second kappa shape index (κ2) is 8.03. The molecule has 23 heavy (non-hydrogen) atoms. The molecule has 0 aliphatic carbocycles. The molecule has 126 valence electrons. The largest absolute Gasteiger partial charge is 0.382 e. The highest BCUT2D eigenvalue weighted by molar-refractivity contribution is 5.91. The van der Waals surface area contributed by atoms with Crippen molar-refractivity contribution in [3.63, 3.8) is 0 Å². The molecule has 0 bridgehead atoms. The lowest BCUT2D eigenvalue weighted by Crippen LogP contribution is -2.27. The number of hydrogen-bond acceptors (Lipinski definition) is 5. The van der Waals surface area contributed by atoms with Crippen LogP contribution in [0.1, 0.15) is 32.1 Å². The summed E-state index contributed by atoms with van der Waals surface area (Å²) in [6.45, 7) is 4.98. The molecular formula is C16H23N3O4. The van der Waals surface area contributed by atoms with Crippen LogP contribution in [0.15, 0.2) is 23.3 Å². The summed E-state index contributed by atoms with van der Waals surface area (Å²) >= 11 is 0. The van der Waals surface area contributed by atoms with Crippen molar-refractivity contribution in [1.82, 2.24) is 14.9 Å². The molecule has 1 aliphatic rings. The fraction of sp³-hybridized carbons (Fsp3) is 0.562. The van der Waals surface area contributed by atoms with E-state index in [9.17, 15) is 9.59 Å². The predicted molar refractivity (Wildman–Crippen MR) is 85.8 cm³/mol. The molecule has 1 fully saturated rings. The van der Waals surface area contributed by atoms with Gasteiger partial charge in [0.2, 0.25) is 5.91 Å². The number of ether oxygens (including phenoxy) is 2. The van der Waals surface area contributed by atoms with Crippen LogP contribution in [0.5, 0.6) is 0 Å². The zero-order chi connectivity index (χ0) is 16.8. The summed E-state index contributed by atoms with van der Waals surface area (Å²) in [6, 6.07) is 0. The molecule has 1 saturated heterocycles. The molecule has 7 heteroatoms. The first kappa shape index (κ1) is 17.4. The molecule has 1 unspecified atom stereocenters. The first-order valence-corrected chi connectivity index (χ1v) is 7.73. The number of methoxy groups -OCH3 is 1. The van der Waals surface area contributed by atoms with Gasteiger partial charge in [-0.25, -0.2) is 9.78 Å². The molecule has 7 nitrogen and oxygen atoms in total. The van der Waals surface area contributed by atoms with E-state index >= 15 is 0 Å². The average molecular weight is 321 g/mol. The first-order valence-electron chi connectivity index (χ1n) is 7.73. The Labute approximate surface area is 135 Å². The van der Waals surface area contributed by atoms with Crippen molar-refractivity contribution in [3.8, 4) is 0 Å². The van der Waals surface area contributed by atoms with Crippen molar-refractivity contribution >= 4 is 12.0 Å². The highest BCUT2D eigenvalue weighted by Gasteiger charge is 2.33. The normalized spacial score (nSPS) is 24.2. The summed E-state index contributed by atoms with van der Waals surface area (Å²) in [7, 11) is 1.63. The lowest BCUT2D eigenvalue weighted by Gasteiger charge is -2.16. The Kier molecular flexibility index (Phi) is 6.06. The van der Waals surface area contributed by atoms with E-state index in [1.807, 2.05) is 6.92 Å². The molecule has 2 heterocycles. The van der Waals surface area contributed by atoms with Crippen molar-refractivity contribution in [2.24, 2.45) is 5.92 Å². The molecule has 2 rings (SSSR count). The number of rotatable bonds is 6. The van der Waals surface area contributed by atoms with Gasteiger partial charge in [-0.05, 0) is 25.3 Å². The number of carbonyl (C=O) groups excluding carboxylic acids is 1. The molecule has 0 saturated carbocycles. The fourth-order valence-electron chi connectivity index (χ4n) is 2.55. The molecule has 1 aliphatic heterocycles. The third-order valence-corrected chi connectivity index (χ3v) is 3.79. The van der Waals surface area contributed by atoms with Crippen molar-refractivity contribution in [2.75, 3.05) is 20.3 Å². The topological polar surface area (TPSA) is 82.5 Å². The molecule has 0 spiro atoms. The lowest BCUT2D eigenvalue weighted by atomic mass is 10.0. The number of aromatic nitrogens is 2. The highest BCUT2D eigenvalue weighted by Crippen LogP contribution is 2.32. The smallest absolute Gasteiger partial charge is 0.349 e. The zero-order valence-corrected chi connectivity index (χ0v) is 13.7. The SMILES string of the molecule is CCNC(=O)/C=C/c1cnc(=O)n([C@H]2CC(C)[C@@H](COC)O2)c1. The van der Waals surface area contributed by atoms with Gasteiger partial charge in [-0.1, -0.05) is 6.92 Å². The van der Waals surface area contributed by atoms with Crippen LogP contribution in [0.25, 0.3) is 6.08 Å².